The van der Waals surface area contributed by atoms with Gasteiger partial charge in [0.2, 0.25) is 0 Å². The monoisotopic (exact) mass is 196 g/mol. The second-order valence-electron chi connectivity index (χ2n) is 2.29. The van der Waals surface area contributed by atoms with Crippen LogP contribution in [0.4, 0.5) is 20.6 Å². The Morgan fingerprint density at radius 2 is 2.36 bits per heavy atom. The van der Waals surface area contributed by atoms with Crippen LogP contribution in [-0.4, -0.2) is 11.2 Å². The van der Waals surface area contributed by atoms with Crippen molar-refractivity contribution in [2.75, 3.05) is 5.32 Å². The normalized spacial score (nSPS) is 8.93. The zero-order valence-corrected chi connectivity index (χ0v) is 6.81. The summed E-state index contributed by atoms with van der Waals surface area (Å²) in [5.74, 6) is -0.783. The van der Waals surface area contributed by atoms with Crippen molar-refractivity contribution in [2.24, 2.45) is 5.11 Å². The van der Waals surface area contributed by atoms with Crippen molar-refractivity contribution in [2.45, 2.75) is 0 Å². The molecule has 0 bridgehead atoms. The van der Waals surface area contributed by atoms with Crippen molar-refractivity contribution >= 4 is 17.5 Å². The first-order valence-corrected chi connectivity index (χ1v) is 3.48. The van der Waals surface area contributed by atoms with Crippen molar-refractivity contribution in [1.29, 1.82) is 0 Å². The Labute approximate surface area is 77.6 Å². The summed E-state index contributed by atoms with van der Waals surface area (Å²) in [6.45, 7) is 0. The van der Waals surface area contributed by atoms with E-state index in [4.69, 9.17) is 10.6 Å². The van der Waals surface area contributed by atoms with Crippen LogP contribution < -0.4 is 5.32 Å². The van der Waals surface area contributed by atoms with Crippen LogP contribution in [0.1, 0.15) is 0 Å². The molecule has 14 heavy (non-hydrogen) atoms. The molecule has 0 aliphatic rings. The molecule has 1 aromatic rings. The lowest BCUT2D eigenvalue weighted by atomic mass is 10.3. The van der Waals surface area contributed by atoms with E-state index in [1.165, 1.54) is 12.1 Å². The van der Waals surface area contributed by atoms with Gasteiger partial charge in [-0.05, 0) is 23.7 Å². The minimum Gasteiger partial charge on any atom is -0.465 e. The number of rotatable bonds is 2. The third kappa shape index (κ3) is 2.36. The molecule has 1 rings (SSSR count). The Hall–Kier alpha value is -2.27. The highest BCUT2D eigenvalue weighted by atomic mass is 19.1. The molecule has 0 fully saturated rings. The third-order valence-corrected chi connectivity index (χ3v) is 1.35. The van der Waals surface area contributed by atoms with Gasteiger partial charge in [-0.1, -0.05) is 5.11 Å². The zero-order valence-electron chi connectivity index (χ0n) is 6.81. The van der Waals surface area contributed by atoms with Crippen LogP contribution in [0.2, 0.25) is 0 Å². The number of carbonyl (C=O) groups is 1. The van der Waals surface area contributed by atoms with E-state index >= 15 is 0 Å². The number of benzene rings is 1. The summed E-state index contributed by atoms with van der Waals surface area (Å²) in [5.41, 5.74) is 7.94. The van der Waals surface area contributed by atoms with Gasteiger partial charge in [0.05, 0.1) is 5.69 Å². The predicted octanol–water partition coefficient (Wildman–Crippen LogP) is 2.86. The Balaban J connectivity index is 2.99. The summed E-state index contributed by atoms with van der Waals surface area (Å²) < 4.78 is 13.0. The molecule has 1 aromatic carbocycles. The molecule has 2 N–H and O–H groups in total. The van der Waals surface area contributed by atoms with Crippen LogP contribution in [0.3, 0.4) is 0 Å². The van der Waals surface area contributed by atoms with Gasteiger partial charge in [0, 0.05) is 10.6 Å². The number of carboxylic acid groups (broad SMARTS) is 1. The number of amides is 1. The zero-order chi connectivity index (χ0) is 10.6. The molecule has 0 saturated heterocycles. The highest BCUT2D eigenvalue weighted by Crippen LogP contribution is 2.21. The molecule has 7 heteroatoms. The first-order valence-electron chi connectivity index (χ1n) is 3.48. The van der Waals surface area contributed by atoms with E-state index in [0.29, 0.717) is 0 Å². The standard InChI is InChI=1S/C7H5FN4O2/c8-5-3-4(10-7(13)14)1-2-6(5)11-12-9/h1-3,10H,(H,13,14). The Morgan fingerprint density at radius 3 is 2.86 bits per heavy atom. The fourth-order valence-electron chi connectivity index (χ4n) is 0.837. The van der Waals surface area contributed by atoms with Crippen molar-refractivity contribution in [1.82, 2.24) is 0 Å². The lowest BCUT2D eigenvalue weighted by Crippen LogP contribution is -2.07. The van der Waals surface area contributed by atoms with E-state index in [1.807, 2.05) is 5.32 Å². The molecule has 0 heterocycles. The van der Waals surface area contributed by atoms with Gasteiger partial charge < -0.3 is 5.11 Å². The van der Waals surface area contributed by atoms with E-state index in [9.17, 15) is 9.18 Å². The van der Waals surface area contributed by atoms with Gasteiger partial charge in [-0.25, -0.2) is 9.18 Å². The molecule has 0 aliphatic heterocycles. The summed E-state index contributed by atoms with van der Waals surface area (Å²) in [5, 5.41) is 13.3. The van der Waals surface area contributed by atoms with Crippen LogP contribution in [0.25, 0.3) is 10.4 Å². The van der Waals surface area contributed by atoms with Crippen LogP contribution >= 0.6 is 0 Å². The number of halogens is 1. The third-order valence-electron chi connectivity index (χ3n) is 1.35. The van der Waals surface area contributed by atoms with Gasteiger partial charge in [-0.15, -0.1) is 0 Å². The molecular formula is C7H5FN4O2. The SMILES string of the molecule is [N-]=[N+]=Nc1ccc(NC(=O)O)cc1F. The predicted molar refractivity (Wildman–Crippen MR) is 46.9 cm³/mol. The highest BCUT2D eigenvalue weighted by Gasteiger charge is 2.03. The minimum atomic E-state index is -1.29. The van der Waals surface area contributed by atoms with Gasteiger partial charge in [-0.2, -0.15) is 0 Å². The number of nitrogens with one attached hydrogen (secondary N) is 1. The quantitative estimate of drug-likeness (QED) is 0.431. The summed E-state index contributed by atoms with van der Waals surface area (Å²) in [4.78, 5) is 12.6. The molecule has 6 nitrogen and oxygen atoms in total. The maximum Gasteiger partial charge on any atom is 0.409 e. The molecule has 72 valence electrons. The van der Waals surface area contributed by atoms with Gasteiger partial charge >= 0.3 is 6.09 Å². The fourth-order valence-corrected chi connectivity index (χ4v) is 0.837. The van der Waals surface area contributed by atoms with Crippen LogP contribution in [0.5, 0.6) is 0 Å². The minimum absolute atomic E-state index is 0.0758. The number of azide groups is 1. The maximum atomic E-state index is 13.0. The van der Waals surface area contributed by atoms with Crippen LogP contribution in [0, 0.1) is 5.82 Å². The van der Waals surface area contributed by atoms with E-state index in [0.717, 1.165) is 6.07 Å². The lowest BCUT2D eigenvalue weighted by molar-refractivity contribution is 0.210. The molecule has 0 atom stereocenters. The fraction of sp³-hybridized carbons (Fsp3) is 0. The highest BCUT2D eigenvalue weighted by molar-refractivity contribution is 5.83. The molecule has 0 aliphatic carbocycles. The Kier molecular flexibility index (Phi) is 2.88. The second-order valence-corrected chi connectivity index (χ2v) is 2.29. The molecule has 0 radical (unpaired) electrons. The first-order chi connectivity index (χ1) is 6.63. The maximum absolute atomic E-state index is 13.0. The van der Waals surface area contributed by atoms with Crippen LogP contribution in [-0.2, 0) is 0 Å². The van der Waals surface area contributed by atoms with Gasteiger partial charge in [0.25, 0.3) is 0 Å². The topological polar surface area (TPSA) is 98.1 Å². The van der Waals surface area contributed by atoms with Crippen molar-refractivity contribution in [3.8, 4) is 0 Å². The Morgan fingerprint density at radius 1 is 1.64 bits per heavy atom. The molecule has 1 amide bonds. The van der Waals surface area contributed by atoms with Crippen molar-refractivity contribution in [3.63, 3.8) is 0 Å². The summed E-state index contributed by atoms with van der Waals surface area (Å²) >= 11 is 0. The van der Waals surface area contributed by atoms with E-state index in [-0.39, 0.29) is 11.4 Å². The summed E-state index contributed by atoms with van der Waals surface area (Å²) in [6, 6.07) is 3.40. The van der Waals surface area contributed by atoms with Crippen molar-refractivity contribution in [3.05, 3.63) is 34.5 Å². The number of hydrogen-bond donors (Lipinski definition) is 2. The lowest BCUT2D eigenvalue weighted by Gasteiger charge is -2.01. The largest absolute Gasteiger partial charge is 0.465 e. The summed E-state index contributed by atoms with van der Waals surface area (Å²) in [6.07, 6.45) is -1.29. The molecular weight excluding hydrogens is 191 g/mol. The van der Waals surface area contributed by atoms with E-state index < -0.39 is 11.9 Å². The first kappa shape index (κ1) is 9.82. The average molecular weight is 196 g/mol. The smallest absolute Gasteiger partial charge is 0.409 e. The average Bonchev–Trinajstić information content (AvgIpc) is 2.09. The number of hydrogen-bond acceptors (Lipinski definition) is 2. The van der Waals surface area contributed by atoms with Gasteiger partial charge in [0.15, 0.2) is 0 Å². The van der Waals surface area contributed by atoms with E-state index in [2.05, 4.69) is 10.0 Å². The Bertz CT molecular complexity index is 414. The number of nitrogens with zero attached hydrogens (tertiary/aromatic N) is 3. The van der Waals surface area contributed by atoms with E-state index in [1.54, 1.807) is 0 Å². The summed E-state index contributed by atoms with van der Waals surface area (Å²) in [7, 11) is 0. The van der Waals surface area contributed by atoms with Crippen LogP contribution in [0.15, 0.2) is 23.3 Å². The van der Waals surface area contributed by atoms with Gasteiger partial charge in [-0.3, -0.25) is 5.32 Å². The second kappa shape index (κ2) is 4.11. The molecule has 0 saturated carbocycles. The molecule has 0 unspecified atom stereocenters. The molecule has 0 aromatic heterocycles. The van der Waals surface area contributed by atoms with Gasteiger partial charge in [0.1, 0.15) is 5.82 Å². The number of anilines is 1. The molecule has 0 spiro atoms. The van der Waals surface area contributed by atoms with Crippen molar-refractivity contribution < 1.29 is 14.3 Å².